The van der Waals surface area contributed by atoms with E-state index in [0.29, 0.717) is 0 Å². The Morgan fingerprint density at radius 3 is 2.93 bits per heavy atom. The minimum absolute atomic E-state index is 0.0787. The fraction of sp³-hybridized carbons (Fsp3) is 0.385. The monoisotopic (exact) mass is 201 g/mol. The fourth-order valence-corrected chi connectivity index (χ4v) is 2.06. The van der Waals surface area contributed by atoms with Crippen molar-refractivity contribution in [2.75, 3.05) is 0 Å². The number of benzene rings is 1. The van der Waals surface area contributed by atoms with Crippen LogP contribution in [0.3, 0.4) is 0 Å². The molecule has 2 aromatic rings. The molecule has 15 heavy (non-hydrogen) atoms. The number of fused-ring (bicyclic) bond motifs is 1. The number of rotatable bonds is 2. The summed E-state index contributed by atoms with van der Waals surface area (Å²) >= 11 is 0. The standard InChI is InChI=1S/C13H15NO/c1-9-8-15-12-6-10(2-3-11(9)12)7-13(14)4-5-13/h2-3,6,8H,4-5,7,14H2,1H3. The van der Waals surface area contributed by atoms with Gasteiger partial charge in [-0.15, -0.1) is 0 Å². The maximum absolute atomic E-state index is 6.10. The molecule has 1 heterocycles. The van der Waals surface area contributed by atoms with Gasteiger partial charge in [0.05, 0.1) is 6.26 Å². The van der Waals surface area contributed by atoms with Gasteiger partial charge < -0.3 is 10.2 Å². The van der Waals surface area contributed by atoms with Crippen LogP contribution in [0.25, 0.3) is 11.0 Å². The lowest BCUT2D eigenvalue weighted by Crippen LogP contribution is -2.24. The quantitative estimate of drug-likeness (QED) is 0.811. The third kappa shape index (κ3) is 1.55. The van der Waals surface area contributed by atoms with Gasteiger partial charge in [-0.2, -0.15) is 0 Å². The Labute approximate surface area is 89.1 Å². The number of hydrogen-bond donors (Lipinski definition) is 1. The summed E-state index contributed by atoms with van der Waals surface area (Å²) in [6.07, 6.45) is 5.09. The topological polar surface area (TPSA) is 39.2 Å². The summed E-state index contributed by atoms with van der Waals surface area (Å²) in [4.78, 5) is 0. The SMILES string of the molecule is Cc1coc2cc(CC3(N)CC3)ccc12. The summed E-state index contributed by atoms with van der Waals surface area (Å²) < 4.78 is 5.48. The summed E-state index contributed by atoms with van der Waals surface area (Å²) in [6.45, 7) is 2.07. The highest BCUT2D eigenvalue weighted by atomic mass is 16.3. The predicted octanol–water partition coefficient (Wildman–Crippen LogP) is 2.78. The summed E-state index contributed by atoms with van der Waals surface area (Å²) in [7, 11) is 0. The van der Waals surface area contributed by atoms with Gasteiger partial charge in [-0.05, 0) is 43.4 Å². The van der Waals surface area contributed by atoms with Crippen molar-refractivity contribution < 1.29 is 4.42 Å². The maximum Gasteiger partial charge on any atom is 0.134 e. The van der Waals surface area contributed by atoms with Gasteiger partial charge in [0.15, 0.2) is 0 Å². The molecular formula is C13H15NO. The molecule has 0 bridgehead atoms. The Morgan fingerprint density at radius 1 is 1.40 bits per heavy atom. The molecule has 2 nitrogen and oxygen atoms in total. The lowest BCUT2D eigenvalue weighted by molar-refractivity contribution is 0.611. The van der Waals surface area contributed by atoms with Crippen LogP contribution in [-0.2, 0) is 6.42 Å². The van der Waals surface area contributed by atoms with E-state index in [1.165, 1.54) is 16.5 Å². The van der Waals surface area contributed by atoms with Crippen molar-refractivity contribution in [2.24, 2.45) is 5.73 Å². The first kappa shape index (κ1) is 8.98. The molecule has 1 fully saturated rings. The van der Waals surface area contributed by atoms with Crippen LogP contribution < -0.4 is 5.73 Å². The molecule has 2 heteroatoms. The van der Waals surface area contributed by atoms with Gasteiger partial charge >= 0.3 is 0 Å². The van der Waals surface area contributed by atoms with Crippen LogP contribution >= 0.6 is 0 Å². The van der Waals surface area contributed by atoms with E-state index >= 15 is 0 Å². The lowest BCUT2D eigenvalue weighted by atomic mass is 10.0. The van der Waals surface area contributed by atoms with Crippen LogP contribution in [0, 0.1) is 6.92 Å². The van der Waals surface area contributed by atoms with Gasteiger partial charge in [0.2, 0.25) is 0 Å². The van der Waals surface area contributed by atoms with E-state index in [4.69, 9.17) is 10.2 Å². The third-order valence-electron chi connectivity index (χ3n) is 3.28. The molecule has 1 aromatic heterocycles. The highest BCUT2D eigenvalue weighted by Crippen LogP contribution is 2.36. The second-order valence-corrected chi connectivity index (χ2v) is 4.79. The Morgan fingerprint density at radius 2 is 2.20 bits per heavy atom. The maximum atomic E-state index is 6.10. The first-order chi connectivity index (χ1) is 7.16. The predicted molar refractivity (Wildman–Crippen MR) is 60.8 cm³/mol. The van der Waals surface area contributed by atoms with Crippen LogP contribution in [0.15, 0.2) is 28.9 Å². The summed E-state index contributed by atoms with van der Waals surface area (Å²) in [5.74, 6) is 0. The zero-order valence-corrected chi connectivity index (χ0v) is 8.92. The average molecular weight is 201 g/mol. The van der Waals surface area contributed by atoms with Crippen molar-refractivity contribution in [3.8, 4) is 0 Å². The molecule has 0 radical (unpaired) electrons. The largest absolute Gasteiger partial charge is 0.464 e. The van der Waals surface area contributed by atoms with Gasteiger partial charge in [0.1, 0.15) is 5.58 Å². The molecule has 0 saturated heterocycles. The van der Waals surface area contributed by atoms with E-state index in [1.54, 1.807) is 0 Å². The first-order valence-electron chi connectivity index (χ1n) is 5.42. The normalized spacial score (nSPS) is 18.3. The van der Waals surface area contributed by atoms with Crippen molar-refractivity contribution in [1.29, 1.82) is 0 Å². The van der Waals surface area contributed by atoms with Crippen molar-refractivity contribution in [2.45, 2.75) is 31.7 Å². The number of hydrogen-bond acceptors (Lipinski definition) is 2. The molecule has 2 N–H and O–H groups in total. The van der Waals surface area contributed by atoms with E-state index in [0.717, 1.165) is 24.8 Å². The second-order valence-electron chi connectivity index (χ2n) is 4.79. The third-order valence-corrected chi connectivity index (χ3v) is 3.28. The Hall–Kier alpha value is -1.28. The Kier molecular flexibility index (Phi) is 1.71. The number of aryl methyl sites for hydroxylation is 1. The van der Waals surface area contributed by atoms with Crippen LogP contribution in [-0.4, -0.2) is 5.54 Å². The van der Waals surface area contributed by atoms with Gasteiger partial charge in [-0.25, -0.2) is 0 Å². The minimum atomic E-state index is 0.0787. The van der Waals surface area contributed by atoms with Crippen LogP contribution in [0.1, 0.15) is 24.0 Å². The highest BCUT2D eigenvalue weighted by molar-refractivity contribution is 5.81. The summed E-state index contributed by atoms with van der Waals surface area (Å²) in [6, 6.07) is 6.42. The molecule has 0 amide bonds. The summed E-state index contributed by atoms with van der Waals surface area (Å²) in [5.41, 5.74) is 9.64. The first-order valence-corrected chi connectivity index (χ1v) is 5.42. The van der Waals surface area contributed by atoms with Gasteiger partial charge in [0, 0.05) is 10.9 Å². The zero-order valence-electron chi connectivity index (χ0n) is 8.92. The lowest BCUT2D eigenvalue weighted by Gasteiger charge is -2.07. The molecule has 3 rings (SSSR count). The van der Waals surface area contributed by atoms with E-state index < -0.39 is 0 Å². The molecular weight excluding hydrogens is 186 g/mol. The van der Waals surface area contributed by atoms with Crippen molar-refractivity contribution >= 4 is 11.0 Å². The second kappa shape index (κ2) is 2.86. The van der Waals surface area contributed by atoms with E-state index in [-0.39, 0.29) is 5.54 Å². The molecule has 78 valence electrons. The molecule has 1 aliphatic rings. The van der Waals surface area contributed by atoms with Crippen molar-refractivity contribution in [3.05, 3.63) is 35.6 Å². The van der Waals surface area contributed by atoms with Gasteiger partial charge in [0.25, 0.3) is 0 Å². The van der Waals surface area contributed by atoms with Crippen molar-refractivity contribution in [3.63, 3.8) is 0 Å². The minimum Gasteiger partial charge on any atom is -0.464 e. The molecule has 0 aliphatic heterocycles. The average Bonchev–Trinajstić information content (AvgIpc) is 2.81. The van der Waals surface area contributed by atoms with Crippen LogP contribution in [0.2, 0.25) is 0 Å². The van der Waals surface area contributed by atoms with E-state index in [9.17, 15) is 0 Å². The van der Waals surface area contributed by atoms with E-state index in [2.05, 4.69) is 25.1 Å². The highest BCUT2D eigenvalue weighted by Gasteiger charge is 2.37. The molecule has 0 unspecified atom stereocenters. The molecule has 1 aliphatic carbocycles. The van der Waals surface area contributed by atoms with Crippen LogP contribution in [0.4, 0.5) is 0 Å². The smallest absolute Gasteiger partial charge is 0.134 e. The van der Waals surface area contributed by atoms with E-state index in [1.807, 2.05) is 6.26 Å². The molecule has 1 aromatic carbocycles. The Balaban J connectivity index is 1.99. The molecule has 0 spiro atoms. The van der Waals surface area contributed by atoms with Gasteiger partial charge in [-0.1, -0.05) is 12.1 Å². The number of nitrogens with two attached hydrogens (primary N) is 1. The molecule has 1 saturated carbocycles. The Bertz CT molecular complexity index is 508. The van der Waals surface area contributed by atoms with Crippen LogP contribution in [0.5, 0.6) is 0 Å². The fourth-order valence-electron chi connectivity index (χ4n) is 2.06. The molecule has 0 atom stereocenters. The van der Waals surface area contributed by atoms with Gasteiger partial charge in [-0.3, -0.25) is 0 Å². The van der Waals surface area contributed by atoms with Crippen molar-refractivity contribution in [1.82, 2.24) is 0 Å². The summed E-state index contributed by atoms with van der Waals surface area (Å²) in [5, 5.41) is 1.21. The zero-order chi connectivity index (χ0) is 10.5. The number of furan rings is 1.